The summed E-state index contributed by atoms with van der Waals surface area (Å²) < 4.78 is 34.1. The highest BCUT2D eigenvalue weighted by atomic mass is 35.5. The van der Waals surface area contributed by atoms with Crippen LogP contribution in [0.1, 0.15) is 12.5 Å². The highest BCUT2D eigenvalue weighted by Crippen LogP contribution is 2.32. The number of amides is 1. The van der Waals surface area contributed by atoms with Gasteiger partial charge in [-0.25, -0.2) is 8.42 Å². The molecule has 0 unspecified atom stereocenters. The quantitative estimate of drug-likeness (QED) is 0.303. The second kappa shape index (κ2) is 11.6. The van der Waals surface area contributed by atoms with Crippen LogP contribution in [-0.2, 0) is 21.2 Å². The Labute approximate surface area is 218 Å². The number of sulfonamides is 1. The molecule has 3 aromatic carbocycles. The van der Waals surface area contributed by atoms with Gasteiger partial charge in [0.05, 0.1) is 37.3 Å². The molecule has 6 nitrogen and oxygen atoms in total. The SMILES string of the molecule is CCOc1ccc(S(=O)(=O)N[C@@H](Cc2ccccc2)C(=O)Nc2cc(Cl)c(Cl)cc2Cl)cc1Cl. The summed E-state index contributed by atoms with van der Waals surface area (Å²) in [5, 5.41) is 3.32. The van der Waals surface area contributed by atoms with Gasteiger partial charge in [0.25, 0.3) is 0 Å². The minimum absolute atomic E-state index is 0.0790. The Morgan fingerprint density at radius 1 is 0.912 bits per heavy atom. The lowest BCUT2D eigenvalue weighted by Crippen LogP contribution is -2.45. The van der Waals surface area contributed by atoms with Crippen LogP contribution >= 0.6 is 46.4 Å². The van der Waals surface area contributed by atoms with E-state index in [9.17, 15) is 13.2 Å². The minimum atomic E-state index is -4.13. The smallest absolute Gasteiger partial charge is 0.242 e. The van der Waals surface area contributed by atoms with Gasteiger partial charge in [0.15, 0.2) is 0 Å². The lowest BCUT2D eigenvalue weighted by Gasteiger charge is -2.20. The third kappa shape index (κ3) is 6.78. The third-order valence-electron chi connectivity index (χ3n) is 4.68. The molecule has 3 aromatic rings. The fraction of sp³-hybridized carbons (Fsp3) is 0.174. The van der Waals surface area contributed by atoms with Crippen LogP contribution in [-0.4, -0.2) is 27.0 Å². The number of hydrogen-bond acceptors (Lipinski definition) is 4. The summed E-state index contributed by atoms with van der Waals surface area (Å²) in [7, 11) is -4.13. The van der Waals surface area contributed by atoms with E-state index in [1.54, 1.807) is 31.2 Å². The second-order valence-corrected chi connectivity index (χ2v) is 10.5. The van der Waals surface area contributed by atoms with E-state index >= 15 is 0 Å². The number of carbonyl (C=O) groups is 1. The molecule has 0 heterocycles. The van der Waals surface area contributed by atoms with Crippen LogP contribution in [0.3, 0.4) is 0 Å². The molecule has 0 radical (unpaired) electrons. The first-order valence-corrected chi connectivity index (χ1v) is 13.0. The Bertz CT molecular complexity index is 1290. The molecule has 0 saturated carbocycles. The molecule has 0 spiro atoms. The van der Waals surface area contributed by atoms with E-state index in [1.165, 1.54) is 30.3 Å². The van der Waals surface area contributed by atoms with Crippen LogP contribution in [0.2, 0.25) is 20.1 Å². The molecule has 0 aliphatic rings. The number of halogens is 4. The summed E-state index contributed by atoms with van der Waals surface area (Å²) in [4.78, 5) is 13.1. The predicted octanol–water partition coefficient (Wildman–Crippen LogP) is 6.23. The molecule has 0 saturated heterocycles. The van der Waals surface area contributed by atoms with Gasteiger partial charge in [0.2, 0.25) is 15.9 Å². The lowest BCUT2D eigenvalue weighted by molar-refractivity contribution is -0.117. The van der Waals surface area contributed by atoms with E-state index in [4.69, 9.17) is 51.1 Å². The summed E-state index contributed by atoms with van der Waals surface area (Å²) in [5.41, 5.74) is 0.942. The van der Waals surface area contributed by atoms with E-state index in [-0.39, 0.29) is 37.1 Å². The first kappa shape index (κ1) is 26.6. The highest BCUT2D eigenvalue weighted by Gasteiger charge is 2.27. The third-order valence-corrected chi connectivity index (χ3v) is 7.48. The predicted molar refractivity (Wildman–Crippen MR) is 137 cm³/mol. The van der Waals surface area contributed by atoms with Gasteiger partial charge >= 0.3 is 0 Å². The molecule has 0 bridgehead atoms. The van der Waals surface area contributed by atoms with E-state index in [0.717, 1.165) is 5.56 Å². The minimum Gasteiger partial charge on any atom is -0.492 e. The molecule has 0 aliphatic heterocycles. The van der Waals surface area contributed by atoms with Crippen molar-refractivity contribution in [3.63, 3.8) is 0 Å². The van der Waals surface area contributed by atoms with Crippen LogP contribution < -0.4 is 14.8 Å². The van der Waals surface area contributed by atoms with Gasteiger partial charge in [-0.1, -0.05) is 76.7 Å². The lowest BCUT2D eigenvalue weighted by atomic mass is 10.1. The summed E-state index contributed by atoms with van der Waals surface area (Å²) in [5.74, 6) is -0.277. The van der Waals surface area contributed by atoms with Crippen LogP contribution in [0.4, 0.5) is 5.69 Å². The highest BCUT2D eigenvalue weighted by molar-refractivity contribution is 7.89. The van der Waals surface area contributed by atoms with E-state index in [0.29, 0.717) is 12.4 Å². The first-order valence-electron chi connectivity index (χ1n) is 10.0. The van der Waals surface area contributed by atoms with Crippen LogP contribution in [0.25, 0.3) is 0 Å². The van der Waals surface area contributed by atoms with Crippen LogP contribution in [0, 0.1) is 0 Å². The number of nitrogens with one attached hydrogen (secondary N) is 2. The Hall–Kier alpha value is -2.00. The van der Waals surface area contributed by atoms with Gasteiger partial charge in [-0.3, -0.25) is 4.79 Å². The van der Waals surface area contributed by atoms with Gasteiger partial charge < -0.3 is 10.1 Å². The Morgan fingerprint density at radius 2 is 1.59 bits per heavy atom. The van der Waals surface area contributed by atoms with Gasteiger partial charge in [-0.2, -0.15) is 4.72 Å². The van der Waals surface area contributed by atoms with Crippen LogP contribution in [0.15, 0.2) is 65.6 Å². The largest absolute Gasteiger partial charge is 0.492 e. The maximum Gasteiger partial charge on any atom is 0.242 e. The summed E-state index contributed by atoms with van der Waals surface area (Å²) in [6.45, 7) is 2.16. The molecule has 2 N–H and O–H groups in total. The monoisotopic (exact) mass is 560 g/mol. The fourth-order valence-corrected chi connectivity index (χ4v) is 5.17. The van der Waals surface area contributed by atoms with Crippen molar-refractivity contribution in [2.24, 2.45) is 0 Å². The number of ether oxygens (including phenoxy) is 1. The molecular formula is C23H20Cl4N2O4S. The zero-order chi connectivity index (χ0) is 24.9. The number of hydrogen-bond donors (Lipinski definition) is 2. The fourth-order valence-electron chi connectivity index (χ4n) is 3.05. The van der Waals surface area contributed by atoms with Crippen molar-refractivity contribution in [3.05, 3.63) is 86.3 Å². The average molecular weight is 562 g/mol. The number of carbonyl (C=O) groups excluding carboxylic acids is 1. The Morgan fingerprint density at radius 3 is 2.24 bits per heavy atom. The molecule has 34 heavy (non-hydrogen) atoms. The normalized spacial score (nSPS) is 12.3. The summed E-state index contributed by atoms with van der Waals surface area (Å²) >= 11 is 24.3. The average Bonchev–Trinajstić information content (AvgIpc) is 2.79. The standard InChI is InChI=1S/C23H20Cl4N2O4S/c1-2-33-22-9-8-15(11-19(22)27)34(31,32)29-21(10-14-6-4-3-5-7-14)23(30)28-20-13-17(25)16(24)12-18(20)26/h3-9,11-13,21,29H,2,10H2,1H3,(H,28,30)/t21-/m0/s1. The van der Waals surface area contributed by atoms with Crippen molar-refractivity contribution in [2.75, 3.05) is 11.9 Å². The molecule has 180 valence electrons. The number of rotatable bonds is 9. The number of benzene rings is 3. The maximum atomic E-state index is 13.2. The molecule has 1 atom stereocenters. The summed E-state index contributed by atoms with van der Waals surface area (Å²) in [6, 6.07) is 14.7. The molecular weight excluding hydrogens is 542 g/mol. The van der Waals surface area contributed by atoms with Crippen molar-refractivity contribution >= 4 is 68.0 Å². The second-order valence-electron chi connectivity index (χ2n) is 7.12. The van der Waals surface area contributed by atoms with Crippen molar-refractivity contribution in [3.8, 4) is 5.75 Å². The topological polar surface area (TPSA) is 84.5 Å². The zero-order valence-corrected chi connectivity index (χ0v) is 21.7. The molecule has 11 heteroatoms. The molecule has 1 amide bonds. The van der Waals surface area contributed by atoms with Gasteiger partial charge in [0.1, 0.15) is 11.8 Å². The van der Waals surface area contributed by atoms with Crippen molar-refractivity contribution in [2.45, 2.75) is 24.3 Å². The van der Waals surface area contributed by atoms with E-state index in [1.807, 2.05) is 6.07 Å². The Kier molecular flexibility index (Phi) is 9.09. The van der Waals surface area contributed by atoms with E-state index < -0.39 is 22.0 Å². The maximum absolute atomic E-state index is 13.2. The number of anilines is 1. The van der Waals surface area contributed by atoms with Crippen LogP contribution in [0.5, 0.6) is 5.75 Å². The van der Waals surface area contributed by atoms with Gasteiger partial charge in [0, 0.05) is 0 Å². The van der Waals surface area contributed by atoms with Gasteiger partial charge in [-0.05, 0) is 49.2 Å². The van der Waals surface area contributed by atoms with Crippen molar-refractivity contribution in [1.29, 1.82) is 0 Å². The van der Waals surface area contributed by atoms with E-state index in [2.05, 4.69) is 10.0 Å². The van der Waals surface area contributed by atoms with Crippen molar-refractivity contribution in [1.82, 2.24) is 4.72 Å². The summed E-state index contributed by atoms with van der Waals surface area (Å²) in [6.07, 6.45) is 0.0790. The Balaban J connectivity index is 1.90. The molecule has 0 aromatic heterocycles. The first-order chi connectivity index (χ1) is 16.1. The molecule has 3 rings (SSSR count). The molecule has 0 aliphatic carbocycles. The zero-order valence-electron chi connectivity index (χ0n) is 17.8. The van der Waals surface area contributed by atoms with Gasteiger partial charge in [-0.15, -0.1) is 0 Å². The van der Waals surface area contributed by atoms with Crippen molar-refractivity contribution < 1.29 is 17.9 Å². The molecule has 0 fully saturated rings.